The standard InChI is InChI=1S/C15H24O4Si/c1-15(2,20(5,6)17)9-12-13(18-3)7-11(10-16)8-14(12)19-4/h7-8,10,17H,9H2,1-6H3. The summed E-state index contributed by atoms with van der Waals surface area (Å²) in [6.07, 6.45) is 1.40. The van der Waals surface area contributed by atoms with Gasteiger partial charge in [-0.1, -0.05) is 13.8 Å². The SMILES string of the molecule is COc1cc(C=O)cc(OC)c1CC(C)(C)[Si](C)(C)O. The van der Waals surface area contributed by atoms with Crippen molar-refractivity contribution in [2.45, 2.75) is 38.4 Å². The van der Waals surface area contributed by atoms with E-state index in [0.29, 0.717) is 23.5 Å². The predicted molar refractivity (Wildman–Crippen MR) is 82.4 cm³/mol. The number of hydrogen-bond donors (Lipinski definition) is 1. The lowest BCUT2D eigenvalue weighted by Crippen LogP contribution is -2.40. The molecule has 1 aromatic rings. The van der Waals surface area contributed by atoms with Gasteiger partial charge in [-0.25, -0.2) is 0 Å². The van der Waals surface area contributed by atoms with E-state index in [4.69, 9.17) is 9.47 Å². The largest absolute Gasteiger partial charge is 0.496 e. The van der Waals surface area contributed by atoms with Crippen molar-refractivity contribution in [1.29, 1.82) is 0 Å². The van der Waals surface area contributed by atoms with Gasteiger partial charge in [-0.15, -0.1) is 0 Å². The molecule has 4 nitrogen and oxygen atoms in total. The average Bonchev–Trinajstić information content (AvgIpc) is 2.37. The first kappa shape index (κ1) is 16.7. The molecule has 0 aromatic heterocycles. The van der Waals surface area contributed by atoms with Crippen molar-refractivity contribution in [3.8, 4) is 11.5 Å². The summed E-state index contributed by atoms with van der Waals surface area (Å²) in [5.41, 5.74) is 1.40. The molecule has 0 fully saturated rings. The van der Waals surface area contributed by atoms with E-state index in [1.54, 1.807) is 26.4 Å². The van der Waals surface area contributed by atoms with E-state index >= 15 is 0 Å². The quantitative estimate of drug-likeness (QED) is 0.647. The Morgan fingerprint density at radius 2 is 1.65 bits per heavy atom. The number of benzene rings is 1. The number of rotatable bonds is 6. The monoisotopic (exact) mass is 296 g/mol. The zero-order chi connectivity index (χ0) is 15.6. The summed E-state index contributed by atoms with van der Waals surface area (Å²) in [4.78, 5) is 21.4. The van der Waals surface area contributed by atoms with Gasteiger partial charge in [0.2, 0.25) is 0 Å². The third-order valence-corrected chi connectivity index (χ3v) is 7.53. The van der Waals surface area contributed by atoms with Gasteiger partial charge in [-0.3, -0.25) is 4.79 Å². The van der Waals surface area contributed by atoms with Crippen LogP contribution >= 0.6 is 0 Å². The molecule has 112 valence electrons. The van der Waals surface area contributed by atoms with E-state index in [9.17, 15) is 9.59 Å². The molecule has 0 radical (unpaired) electrons. The van der Waals surface area contributed by atoms with Crippen LogP contribution in [-0.2, 0) is 6.42 Å². The fraction of sp³-hybridized carbons (Fsp3) is 0.533. The fourth-order valence-corrected chi connectivity index (χ4v) is 2.51. The fourth-order valence-electron chi connectivity index (χ4n) is 1.90. The molecule has 0 unspecified atom stereocenters. The van der Waals surface area contributed by atoms with Crippen molar-refractivity contribution in [2.24, 2.45) is 0 Å². The lowest BCUT2D eigenvalue weighted by Gasteiger charge is -2.35. The topological polar surface area (TPSA) is 55.8 Å². The minimum atomic E-state index is -2.34. The molecule has 1 rings (SSSR count). The van der Waals surface area contributed by atoms with Crippen molar-refractivity contribution >= 4 is 14.6 Å². The van der Waals surface area contributed by atoms with E-state index < -0.39 is 8.32 Å². The number of hydrogen-bond acceptors (Lipinski definition) is 4. The molecule has 0 aliphatic heterocycles. The lowest BCUT2D eigenvalue weighted by atomic mass is 9.98. The second-order valence-electron chi connectivity index (χ2n) is 6.14. The number of aldehydes is 1. The molecule has 1 N–H and O–H groups in total. The van der Waals surface area contributed by atoms with Gasteiger partial charge in [-0.2, -0.15) is 0 Å². The Bertz CT molecular complexity index is 464. The molecule has 0 amide bonds. The van der Waals surface area contributed by atoms with Crippen LogP contribution in [0.1, 0.15) is 29.8 Å². The zero-order valence-electron chi connectivity index (χ0n) is 13.1. The summed E-state index contributed by atoms with van der Waals surface area (Å²) >= 11 is 0. The molecule has 0 bridgehead atoms. The predicted octanol–water partition coefficient (Wildman–Crippen LogP) is 3.04. The van der Waals surface area contributed by atoms with Crippen LogP contribution in [0.2, 0.25) is 18.1 Å². The Labute approximate surface area is 121 Å². The van der Waals surface area contributed by atoms with Crippen molar-refractivity contribution in [2.75, 3.05) is 14.2 Å². The summed E-state index contributed by atoms with van der Waals surface area (Å²) in [5, 5.41) is -0.240. The first-order chi connectivity index (χ1) is 9.16. The molecule has 0 heterocycles. The molecule has 1 aromatic carbocycles. The van der Waals surface area contributed by atoms with Gasteiger partial charge in [0, 0.05) is 11.1 Å². The van der Waals surface area contributed by atoms with Gasteiger partial charge in [0.05, 0.1) is 14.2 Å². The zero-order valence-corrected chi connectivity index (χ0v) is 14.1. The van der Waals surface area contributed by atoms with E-state index in [0.717, 1.165) is 11.8 Å². The average molecular weight is 296 g/mol. The van der Waals surface area contributed by atoms with Crippen LogP contribution in [0.15, 0.2) is 12.1 Å². The number of carbonyl (C=O) groups excluding carboxylic acids is 1. The molecule has 0 aliphatic rings. The highest BCUT2D eigenvalue weighted by atomic mass is 28.4. The van der Waals surface area contributed by atoms with Crippen molar-refractivity contribution in [3.63, 3.8) is 0 Å². The van der Waals surface area contributed by atoms with Crippen LogP contribution in [0.4, 0.5) is 0 Å². The third kappa shape index (κ3) is 3.40. The van der Waals surface area contributed by atoms with Crippen molar-refractivity contribution < 1.29 is 19.1 Å². The maximum Gasteiger partial charge on any atom is 0.188 e. The van der Waals surface area contributed by atoms with Crippen LogP contribution in [0.25, 0.3) is 0 Å². The number of carbonyl (C=O) groups is 1. The summed E-state index contributed by atoms with van der Waals surface area (Å²) < 4.78 is 10.8. The normalized spacial score (nSPS) is 12.2. The highest BCUT2D eigenvalue weighted by Gasteiger charge is 2.39. The van der Waals surface area contributed by atoms with Crippen molar-refractivity contribution in [1.82, 2.24) is 0 Å². The Balaban J connectivity index is 3.33. The Morgan fingerprint density at radius 1 is 1.20 bits per heavy atom. The van der Waals surface area contributed by atoms with Gasteiger partial charge >= 0.3 is 0 Å². The molecule has 20 heavy (non-hydrogen) atoms. The third-order valence-electron chi connectivity index (χ3n) is 4.04. The van der Waals surface area contributed by atoms with Crippen LogP contribution in [0.5, 0.6) is 11.5 Å². The molecular weight excluding hydrogens is 272 g/mol. The molecule has 0 saturated carbocycles. The minimum absolute atomic E-state index is 0.240. The van der Waals surface area contributed by atoms with Gasteiger partial charge < -0.3 is 14.3 Å². The van der Waals surface area contributed by atoms with Crippen LogP contribution < -0.4 is 9.47 Å². The molecule has 5 heteroatoms. The van der Waals surface area contributed by atoms with E-state index in [1.807, 2.05) is 26.9 Å². The van der Waals surface area contributed by atoms with Gasteiger partial charge in [0.15, 0.2) is 8.32 Å². The lowest BCUT2D eigenvalue weighted by molar-refractivity contribution is 0.112. The number of methoxy groups -OCH3 is 2. The molecule has 0 saturated heterocycles. The smallest absolute Gasteiger partial charge is 0.188 e. The van der Waals surface area contributed by atoms with E-state index in [2.05, 4.69) is 0 Å². The van der Waals surface area contributed by atoms with Gasteiger partial charge in [0.25, 0.3) is 0 Å². The van der Waals surface area contributed by atoms with Crippen LogP contribution in [-0.4, -0.2) is 33.6 Å². The number of ether oxygens (including phenoxy) is 2. The maximum absolute atomic E-state index is 11.0. The Morgan fingerprint density at radius 3 is 1.95 bits per heavy atom. The summed E-state index contributed by atoms with van der Waals surface area (Å²) in [6.45, 7) is 7.94. The summed E-state index contributed by atoms with van der Waals surface area (Å²) in [6, 6.07) is 3.40. The molecular formula is C15H24O4Si. The summed E-state index contributed by atoms with van der Waals surface area (Å²) in [5.74, 6) is 1.25. The highest BCUT2D eigenvalue weighted by Crippen LogP contribution is 2.43. The van der Waals surface area contributed by atoms with Gasteiger partial charge in [0.1, 0.15) is 17.8 Å². The maximum atomic E-state index is 11.0. The first-order valence-corrected chi connectivity index (χ1v) is 9.53. The second kappa shape index (κ2) is 5.97. The van der Waals surface area contributed by atoms with E-state index in [-0.39, 0.29) is 5.04 Å². The highest BCUT2D eigenvalue weighted by molar-refractivity contribution is 6.72. The Hall–Kier alpha value is -1.33. The molecule has 0 aliphatic carbocycles. The van der Waals surface area contributed by atoms with Gasteiger partial charge in [-0.05, 0) is 36.7 Å². The summed E-state index contributed by atoms with van der Waals surface area (Å²) in [7, 11) is 0.800. The van der Waals surface area contributed by atoms with E-state index in [1.165, 1.54) is 0 Å². The van der Waals surface area contributed by atoms with Crippen molar-refractivity contribution in [3.05, 3.63) is 23.3 Å². The Kier molecular flexibility index (Phi) is 4.99. The second-order valence-corrected chi connectivity index (χ2v) is 10.6. The first-order valence-electron chi connectivity index (χ1n) is 6.58. The van der Waals surface area contributed by atoms with Crippen LogP contribution in [0, 0.1) is 0 Å². The molecule has 0 atom stereocenters. The van der Waals surface area contributed by atoms with Crippen LogP contribution in [0.3, 0.4) is 0 Å². The minimum Gasteiger partial charge on any atom is -0.496 e. The molecule has 0 spiro atoms.